The maximum Gasteiger partial charge on any atom is 0.166 e. The molecule has 0 aliphatic carbocycles. The second-order valence-corrected chi connectivity index (χ2v) is 8.29. The fourth-order valence-electron chi connectivity index (χ4n) is 3.80. The Labute approximate surface area is 131 Å². The number of Topliss-reactive ketones (excluding diaryl/α,β-unsaturated/α-hetero) is 1. The van der Waals surface area contributed by atoms with Crippen molar-refractivity contribution in [1.29, 1.82) is 0 Å². The summed E-state index contributed by atoms with van der Waals surface area (Å²) < 4.78 is 12.3. The number of hydrogen-bond donors (Lipinski definition) is 0. The molecule has 0 radical (unpaired) electrons. The van der Waals surface area contributed by atoms with Crippen LogP contribution in [0.5, 0.6) is 0 Å². The van der Waals surface area contributed by atoms with E-state index in [4.69, 9.17) is 0 Å². The molecular weight excluding hydrogens is 296 g/mol. The van der Waals surface area contributed by atoms with E-state index in [1.54, 1.807) is 12.4 Å². The van der Waals surface area contributed by atoms with Crippen molar-refractivity contribution >= 4 is 27.6 Å². The van der Waals surface area contributed by atoms with Crippen LogP contribution in [0.25, 0.3) is 11.0 Å². The van der Waals surface area contributed by atoms with Gasteiger partial charge < -0.3 is 0 Å². The molecule has 0 N–H and O–H groups in total. The van der Waals surface area contributed by atoms with E-state index in [1.165, 1.54) is 0 Å². The highest BCUT2D eigenvalue weighted by molar-refractivity contribution is 7.86. The van der Waals surface area contributed by atoms with Gasteiger partial charge in [-0.05, 0) is 43.9 Å². The van der Waals surface area contributed by atoms with Crippen molar-refractivity contribution in [3.63, 3.8) is 0 Å². The molecule has 0 spiro atoms. The molecule has 2 aliphatic rings. The molecule has 0 amide bonds. The van der Waals surface area contributed by atoms with Gasteiger partial charge in [-0.2, -0.15) is 0 Å². The molecule has 5 heteroatoms. The minimum absolute atomic E-state index is 0.0159. The molecule has 4 rings (SSSR count). The highest BCUT2D eigenvalue weighted by Gasteiger charge is 2.40. The topological polar surface area (TPSA) is 59.9 Å². The minimum atomic E-state index is -0.726. The molecule has 2 aliphatic heterocycles. The average molecular weight is 314 g/mol. The number of benzene rings is 1. The lowest BCUT2D eigenvalue weighted by molar-refractivity contribution is 0.0895. The van der Waals surface area contributed by atoms with E-state index in [1.807, 2.05) is 18.2 Å². The first-order chi connectivity index (χ1) is 10.7. The van der Waals surface area contributed by atoms with E-state index >= 15 is 0 Å². The fraction of sp³-hybridized carbons (Fsp3) is 0.471. The van der Waals surface area contributed by atoms with Gasteiger partial charge in [-0.3, -0.25) is 19.0 Å². The monoisotopic (exact) mass is 314 g/mol. The molecule has 2 unspecified atom stereocenters. The van der Waals surface area contributed by atoms with E-state index < -0.39 is 10.8 Å². The molecule has 4 nitrogen and oxygen atoms in total. The Kier molecular flexibility index (Phi) is 3.53. The van der Waals surface area contributed by atoms with Gasteiger partial charge in [-0.1, -0.05) is 6.42 Å². The Morgan fingerprint density at radius 3 is 2.45 bits per heavy atom. The molecule has 2 fully saturated rings. The summed E-state index contributed by atoms with van der Waals surface area (Å²) in [4.78, 5) is 21.3. The number of aromatic nitrogens is 2. The molecule has 3 heterocycles. The zero-order valence-electron chi connectivity index (χ0n) is 12.3. The highest BCUT2D eigenvalue weighted by Crippen LogP contribution is 2.38. The summed E-state index contributed by atoms with van der Waals surface area (Å²) in [5, 5.41) is 0.448. The Morgan fingerprint density at radius 1 is 1.05 bits per heavy atom. The van der Waals surface area contributed by atoms with Crippen LogP contribution in [-0.4, -0.2) is 30.5 Å². The van der Waals surface area contributed by atoms with Crippen molar-refractivity contribution in [2.24, 2.45) is 5.92 Å². The second-order valence-electron chi connectivity index (χ2n) is 6.30. The van der Waals surface area contributed by atoms with E-state index in [-0.39, 0.29) is 22.2 Å². The molecule has 2 aromatic rings. The van der Waals surface area contributed by atoms with Gasteiger partial charge in [-0.25, -0.2) is 0 Å². The van der Waals surface area contributed by atoms with Crippen molar-refractivity contribution in [2.45, 2.75) is 42.6 Å². The molecule has 2 atom stereocenters. The van der Waals surface area contributed by atoms with Crippen molar-refractivity contribution in [3.8, 4) is 0 Å². The summed E-state index contributed by atoms with van der Waals surface area (Å²) in [6, 6.07) is 5.55. The number of nitrogens with zero attached hydrogens (tertiary/aromatic N) is 2. The van der Waals surface area contributed by atoms with E-state index in [0.717, 1.165) is 43.1 Å². The summed E-state index contributed by atoms with van der Waals surface area (Å²) in [6.45, 7) is 0. The second kappa shape index (κ2) is 5.54. The molecule has 2 bridgehead atoms. The molecule has 2 saturated heterocycles. The standard InChI is InChI=1S/C17H18N2O2S/c20-17(11-4-5-15-16(10-11)19-7-6-18-15)12-8-13-2-1-3-14(9-12)22(13)21/h4-7,10,12-14H,1-3,8-9H2. The van der Waals surface area contributed by atoms with Gasteiger partial charge in [0.05, 0.1) is 11.0 Å². The van der Waals surface area contributed by atoms with E-state index in [9.17, 15) is 9.00 Å². The Morgan fingerprint density at radius 2 is 1.73 bits per heavy atom. The number of carbonyl (C=O) groups is 1. The van der Waals surface area contributed by atoms with Gasteiger partial charge >= 0.3 is 0 Å². The van der Waals surface area contributed by atoms with Gasteiger partial charge in [0.15, 0.2) is 5.78 Å². The van der Waals surface area contributed by atoms with E-state index in [0.29, 0.717) is 5.56 Å². The lowest BCUT2D eigenvalue weighted by Gasteiger charge is -2.37. The van der Waals surface area contributed by atoms with Crippen LogP contribution in [0.1, 0.15) is 42.5 Å². The Hall–Kier alpha value is -1.62. The van der Waals surface area contributed by atoms with Gasteiger partial charge in [0, 0.05) is 45.2 Å². The molecule has 22 heavy (non-hydrogen) atoms. The number of rotatable bonds is 2. The first-order valence-electron chi connectivity index (χ1n) is 7.87. The smallest absolute Gasteiger partial charge is 0.166 e. The first-order valence-corrected chi connectivity index (χ1v) is 9.14. The summed E-state index contributed by atoms with van der Waals surface area (Å²) in [5.41, 5.74) is 2.28. The summed E-state index contributed by atoms with van der Waals surface area (Å²) >= 11 is 0. The molecular formula is C17H18N2O2S. The van der Waals surface area contributed by atoms with Crippen LogP contribution in [0.4, 0.5) is 0 Å². The maximum atomic E-state index is 12.8. The predicted molar refractivity (Wildman–Crippen MR) is 86.2 cm³/mol. The van der Waals surface area contributed by atoms with Crippen molar-refractivity contribution in [2.75, 3.05) is 0 Å². The van der Waals surface area contributed by atoms with Gasteiger partial charge in [-0.15, -0.1) is 0 Å². The lowest BCUT2D eigenvalue weighted by Crippen LogP contribution is -2.41. The van der Waals surface area contributed by atoms with Crippen molar-refractivity contribution < 1.29 is 9.00 Å². The van der Waals surface area contributed by atoms with Gasteiger partial charge in [0.25, 0.3) is 0 Å². The lowest BCUT2D eigenvalue weighted by atomic mass is 9.84. The number of carbonyl (C=O) groups excluding carboxylic acids is 1. The molecule has 1 aromatic carbocycles. The summed E-state index contributed by atoms with van der Waals surface area (Å²) in [6.07, 6.45) is 8.03. The SMILES string of the molecule is O=C(c1ccc2nccnc2c1)C1CC2CCCC(C1)S2=O. The van der Waals surface area contributed by atoms with Gasteiger partial charge in [0.2, 0.25) is 0 Å². The van der Waals surface area contributed by atoms with Crippen LogP contribution in [0.3, 0.4) is 0 Å². The Balaban J connectivity index is 1.61. The Bertz CT molecular complexity index is 745. The van der Waals surface area contributed by atoms with Crippen LogP contribution in [-0.2, 0) is 10.8 Å². The van der Waals surface area contributed by atoms with Crippen LogP contribution in [0.2, 0.25) is 0 Å². The first kappa shape index (κ1) is 14.0. The summed E-state index contributed by atoms with van der Waals surface area (Å²) in [5.74, 6) is 0.197. The third kappa shape index (κ3) is 2.37. The molecule has 0 saturated carbocycles. The van der Waals surface area contributed by atoms with Crippen LogP contribution in [0.15, 0.2) is 30.6 Å². The van der Waals surface area contributed by atoms with Crippen molar-refractivity contribution in [1.82, 2.24) is 9.97 Å². The van der Waals surface area contributed by atoms with E-state index in [2.05, 4.69) is 9.97 Å². The average Bonchev–Trinajstić information content (AvgIpc) is 2.53. The predicted octanol–water partition coefficient (Wildman–Crippen LogP) is 2.89. The third-order valence-electron chi connectivity index (χ3n) is 4.93. The number of fused-ring (bicyclic) bond motifs is 3. The largest absolute Gasteiger partial charge is 0.294 e. The number of hydrogen-bond acceptors (Lipinski definition) is 4. The molecule has 1 aromatic heterocycles. The van der Waals surface area contributed by atoms with Crippen LogP contribution in [0, 0.1) is 5.92 Å². The highest BCUT2D eigenvalue weighted by atomic mass is 32.2. The maximum absolute atomic E-state index is 12.8. The summed E-state index contributed by atoms with van der Waals surface area (Å²) in [7, 11) is -0.726. The third-order valence-corrected chi connectivity index (χ3v) is 7.10. The molecule has 114 valence electrons. The quantitative estimate of drug-likeness (QED) is 0.800. The van der Waals surface area contributed by atoms with Crippen LogP contribution < -0.4 is 0 Å². The normalized spacial score (nSPS) is 31.1. The van der Waals surface area contributed by atoms with Crippen LogP contribution >= 0.6 is 0 Å². The fourth-order valence-corrected chi connectivity index (χ4v) is 5.99. The zero-order chi connectivity index (χ0) is 15.1. The van der Waals surface area contributed by atoms with Crippen molar-refractivity contribution in [3.05, 3.63) is 36.2 Å². The number of ketones is 1. The minimum Gasteiger partial charge on any atom is -0.294 e. The zero-order valence-corrected chi connectivity index (χ0v) is 13.1. The van der Waals surface area contributed by atoms with Gasteiger partial charge in [0.1, 0.15) is 0 Å².